The number of hydrogen-bond acceptors (Lipinski definition) is 23. The van der Waals surface area contributed by atoms with Crippen LogP contribution in [0.5, 0.6) is 0 Å². The fourth-order valence-corrected chi connectivity index (χ4v) is 12.9. The van der Waals surface area contributed by atoms with Gasteiger partial charge in [-0.25, -0.2) is 28.7 Å². The van der Waals surface area contributed by atoms with Gasteiger partial charge >= 0.3 is 59.8 Å². The number of thiocarbonyl (C=S) groups is 1. The van der Waals surface area contributed by atoms with Crippen molar-refractivity contribution in [2.24, 2.45) is 0 Å². The number of aromatic nitrogens is 3. The zero-order valence-corrected chi connectivity index (χ0v) is 68.6. The van der Waals surface area contributed by atoms with Crippen molar-refractivity contribution in [2.45, 2.75) is 139 Å². The highest BCUT2D eigenvalue weighted by Gasteiger charge is 2.31. The average Bonchev–Trinajstić information content (AvgIpc) is 1.82. The zero-order chi connectivity index (χ0) is 86.2. The van der Waals surface area contributed by atoms with Crippen LogP contribution < -0.4 is 47.9 Å². The monoisotopic (exact) mass is 1790 g/mol. The molecule has 650 valence electrons. The number of rotatable bonds is 55. The van der Waals surface area contributed by atoms with E-state index in [1.807, 2.05) is 24.3 Å². The number of ether oxygens (including phenoxy) is 3. The van der Waals surface area contributed by atoms with E-state index in [2.05, 4.69) is 80.8 Å². The van der Waals surface area contributed by atoms with Crippen molar-refractivity contribution in [3.05, 3.63) is 93.7 Å². The molecule has 17 N–H and O–H groups in total. The lowest BCUT2D eigenvalue weighted by atomic mass is 10.0. The number of aryl methyl sites for hydroxylation is 1. The number of anilines is 2. The second-order valence-electron chi connectivity index (χ2n) is 27.9. The minimum atomic E-state index is -1.54. The summed E-state index contributed by atoms with van der Waals surface area (Å²) in [6, 6.07) is 14.5. The van der Waals surface area contributed by atoms with Crippen molar-refractivity contribution in [2.75, 3.05) is 142 Å². The lowest BCUT2D eigenvalue weighted by Crippen LogP contribution is -2.53. The molecule has 1 aliphatic heterocycles. The van der Waals surface area contributed by atoms with Crippen LogP contribution in [0.1, 0.15) is 101 Å². The predicted octanol–water partition coefficient (Wildman–Crippen LogP) is 2.34. The molecular weight excluding hydrogens is 1680 g/mol. The summed E-state index contributed by atoms with van der Waals surface area (Å²) in [7, 11) is 0. The molecule has 1 aliphatic rings. The third-order valence-electron chi connectivity index (χ3n) is 18.4. The molecule has 1 fully saturated rings. The standard InChI is InChI=1S/C76H109IN16O24S/c77-54-20-16-51(17-21-54)9-7-15-63(94)78-27-4-2-13-59(71(107)108)84-70(106)58(12-1-6-29-80-76(118)82-55-22-18-52(19-23-55)43-57-45-91(49-68(102)103)33-32-89(47-66(98)99)30-31-90(48-67(100)101)34-35-92(57)50-69(104)105)83-64(95)26-37-115-39-41-117-42-40-116-38-36-93-46-62(87-88-93)53-10-8-11-56(44-53)81-74(113)79-28-5-3-14-60(72(109)110)85-75(114)86-61(73(111)112)24-25-65(96)97/h8,10-11,16-23,44,46,57-61H,1-7,9,12-15,24-43,45,47-50H2,(H,78,94)(H,83,95)(H,84,106)(H,96,97)(H,98,99)(H,100,101)(H,102,103)(H,104,105)(H,107,108)(H,109,110)(H,111,112)(H2,79,81,113)(H2,80,82,118)(H2,85,86,114)/t57?,58-,59?,60-,61-/m0/s1. The number of urea groups is 2. The van der Waals surface area contributed by atoms with Gasteiger partial charge in [0.15, 0.2) is 5.11 Å². The Labute approximate surface area is 700 Å². The first-order chi connectivity index (χ1) is 56.5. The fraction of sp³-hybridized carbons (Fsp3) is 0.553. The Balaban J connectivity index is 1.05. The molecule has 0 radical (unpaired) electrons. The predicted molar refractivity (Wildman–Crippen MR) is 439 cm³/mol. The number of unbranched alkanes of at least 4 members (excludes halogenated alkanes) is 3. The van der Waals surface area contributed by atoms with Crippen LogP contribution in [0.4, 0.5) is 21.0 Å². The van der Waals surface area contributed by atoms with Gasteiger partial charge in [0, 0.05) is 111 Å². The summed E-state index contributed by atoms with van der Waals surface area (Å²) >= 11 is 7.84. The average molecular weight is 1790 g/mol. The number of carbonyl (C=O) groups excluding carboxylic acids is 5. The number of hydrogen-bond donors (Lipinski definition) is 17. The topological polar surface area (TPSA) is 563 Å². The molecule has 0 spiro atoms. The molecule has 0 aliphatic carbocycles. The first kappa shape index (κ1) is 98.2. The summed E-state index contributed by atoms with van der Waals surface area (Å²) < 4.78 is 19.7. The number of carboxylic acid groups (broad SMARTS) is 8. The smallest absolute Gasteiger partial charge is 0.326 e. The second-order valence-corrected chi connectivity index (χ2v) is 29.5. The molecule has 40 nitrogen and oxygen atoms in total. The van der Waals surface area contributed by atoms with Crippen LogP contribution in [-0.2, 0) is 86.3 Å². The second kappa shape index (κ2) is 55.4. The number of nitrogens with zero attached hydrogens (tertiary/aromatic N) is 7. The van der Waals surface area contributed by atoms with E-state index in [4.69, 9.17) is 31.5 Å². The van der Waals surface area contributed by atoms with Gasteiger partial charge in [0.25, 0.3) is 0 Å². The summed E-state index contributed by atoms with van der Waals surface area (Å²) in [6.07, 6.45) is 4.96. The summed E-state index contributed by atoms with van der Waals surface area (Å²) in [6.45, 7) is 1.54. The van der Waals surface area contributed by atoms with Crippen molar-refractivity contribution in [3.8, 4) is 11.3 Å². The maximum atomic E-state index is 13.9. The summed E-state index contributed by atoms with van der Waals surface area (Å²) in [5.41, 5.74) is 4.08. The maximum absolute atomic E-state index is 13.9. The molecule has 1 aromatic heterocycles. The van der Waals surface area contributed by atoms with Crippen LogP contribution in [0.25, 0.3) is 11.3 Å². The molecule has 7 amide bonds. The quantitative estimate of drug-likeness (QED) is 0.0171. The molecule has 118 heavy (non-hydrogen) atoms. The molecule has 5 atom stereocenters. The van der Waals surface area contributed by atoms with Crippen molar-refractivity contribution in [3.63, 3.8) is 0 Å². The van der Waals surface area contributed by atoms with Gasteiger partial charge in [0.1, 0.15) is 29.9 Å². The molecule has 2 unspecified atom stereocenters. The zero-order valence-electron chi connectivity index (χ0n) is 65.6. The first-order valence-electron chi connectivity index (χ1n) is 38.8. The van der Waals surface area contributed by atoms with Gasteiger partial charge in [-0.2, -0.15) is 0 Å². The van der Waals surface area contributed by atoms with Gasteiger partial charge in [-0.3, -0.25) is 58.0 Å². The third kappa shape index (κ3) is 42.7. The summed E-state index contributed by atoms with van der Waals surface area (Å²) in [5, 5.41) is 110. The molecule has 2 heterocycles. The van der Waals surface area contributed by atoms with Gasteiger partial charge in [-0.15, -0.1) is 5.10 Å². The minimum absolute atomic E-state index is 0.0311. The Hall–Kier alpha value is -10.4. The van der Waals surface area contributed by atoms with Crippen molar-refractivity contribution in [1.29, 1.82) is 0 Å². The van der Waals surface area contributed by atoms with E-state index < -0.39 is 128 Å². The van der Waals surface area contributed by atoms with Crippen LogP contribution in [0.2, 0.25) is 0 Å². The Kier molecular flexibility index (Phi) is 46.1. The Morgan fingerprint density at radius 3 is 1.59 bits per heavy atom. The van der Waals surface area contributed by atoms with E-state index >= 15 is 0 Å². The summed E-state index contributed by atoms with van der Waals surface area (Å²) in [5.74, 6) is -11.2. The van der Waals surface area contributed by atoms with Gasteiger partial charge < -0.3 is 103 Å². The Morgan fingerprint density at radius 2 is 1.00 bits per heavy atom. The number of halogens is 1. The van der Waals surface area contributed by atoms with Gasteiger partial charge in [-0.1, -0.05) is 41.6 Å². The van der Waals surface area contributed by atoms with E-state index in [1.165, 1.54) is 0 Å². The highest BCUT2D eigenvalue weighted by Crippen LogP contribution is 2.22. The largest absolute Gasteiger partial charge is 0.481 e. The summed E-state index contributed by atoms with van der Waals surface area (Å²) in [4.78, 5) is 166. The number of benzene rings is 3. The van der Waals surface area contributed by atoms with Crippen molar-refractivity contribution >= 4 is 129 Å². The highest BCUT2D eigenvalue weighted by atomic mass is 127. The van der Waals surface area contributed by atoms with E-state index in [1.54, 1.807) is 79.0 Å². The molecule has 4 aromatic rings. The minimum Gasteiger partial charge on any atom is -0.481 e. The van der Waals surface area contributed by atoms with E-state index in [-0.39, 0.29) is 155 Å². The SMILES string of the molecule is O=C(O)CC[C@H](NC(=O)N[C@@H](CCCCNC(=O)Nc1cccc(-c2cn(CCOCCOCCOCCC(=O)N[C@@H](CCCCNC(=S)Nc3ccc(CC4CN(CC(=O)O)CCN(CC(=O)O)CCN(CC(=O)O)CCN4CC(=O)O)cc3)C(=O)NC(CCCCNC(=O)CCCc3ccc(I)cc3)C(=O)O)nn2)c1)C(=O)O)C(=O)O. The van der Waals surface area contributed by atoms with E-state index in [0.29, 0.717) is 87.2 Å². The molecule has 42 heteroatoms. The third-order valence-corrected chi connectivity index (χ3v) is 19.4. The van der Waals surface area contributed by atoms with Crippen LogP contribution in [0.3, 0.4) is 0 Å². The van der Waals surface area contributed by atoms with Crippen molar-refractivity contribution in [1.82, 2.24) is 71.8 Å². The van der Waals surface area contributed by atoms with Crippen LogP contribution in [-0.4, -0.2) is 320 Å². The molecule has 3 aromatic carbocycles. The van der Waals surface area contributed by atoms with Crippen LogP contribution in [0.15, 0.2) is 79.0 Å². The lowest BCUT2D eigenvalue weighted by Gasteiger charge is -2.37. The molecule has 5 rings (SSSR count). The van der Waals surface area contributed by atoms with Gasteiger partial charge in [-0.05, 0) is 166 Å². The number of carboxylic acids is 8. The normalized spacial score (nSPS) is 14.7. The van der Waals surface area contributed by atoms with Gasteiger partial charge in [0.05, 0.1) is 78.6 Å². The number of carbonyl (C=O) groups is 13. The number of aliphatic carboxylic acids is 8. The lowest BCUT2D eigenvalue weighted by molar-refractivity contribution is -0.142. The molecular formula is C76H109IN16O24S. The van der Waals surface area contributed by atoms with E-state index in [0.717, 1.165) is 21.1 Å². The first-order valence-corrected chi connectivity index (χ1v) is 40.2. The molecule has 1 saturated heterocycles. The Bertz CT molecular complexity index is 3890. The molecule has 0 saturated carbocycles. The van der Waals surface area contributed by atoms with Crippen LogP contribution in [0, 0.1) is 3.57 Å². The maximum Gasteiger partial charge on any atom is 0.326 e. The van der Waals surface area contributed by atoms with E-state index in [9.17, 15) is 98.1 Å². The van der Waals surface area contributed by atoms with Gasteiger partial charge in [0.2, 0.25) is 17.7 Å². The number of amides is 7. The number of nitrogens with one attached hydrogen (secondary N) is 9. The Morgan fingerprint density at radius 1 is 0.475 bits per heavy atom. The molecule has 0 bridgehead atoms. The van der Waals surface area contributed by atoms with Crippen molar-refractivity contribution < 1.29 is 117 Å². The fourth-order valence-electron chi connectivity index (χ4n) is 12.3. The highest BCUT2D eigenvalue weighted by molar-refractivity contribution is 14.1. The van der Waals surface area contributed by atoms with Crippen LogP contribution >= 0.6 is 34.8 Å².